The van der Waals surface area contributed by atoms with Gasteiger partial charge in [-0.05, 0) is 6.92 Å². The summed E-state index contributed by atoms with van der Waals surface area (Å²) in [6, 6.07) is 0. The summed E-state index contributed by atoms with van der Waals surface area (Å²) in [5.41, 5.74) is 1.03. The first-order valence-corrected chi connectivity index (χ1v) is 3.72. The maximum atomic E-state index is 10.7. The molecule has 10 heavy (non-hydrogen) atoms. The summed E-state index contributed by atoms with van der Waals surface area (Å²) in [6.07, 6.45) is 0.702. The lowest BCUT2D eigenvalue weighted by Gasteiger charge is -1.87. The summed E-state index contributed by atoms with van der Waals surface area (Å²) in [5, 5.41) is 3.36. The number of rotatable bonds is 2. The first-order valence-electron chi connectivity index (χ1n) is 2.78. The van der Waals surface area contributed by atoms with Gasteiger partial charge in [0.1, 0.15) is 0 Å². The normalized spacial score (nSPS) is 9.30. The molecule has 0 radical (unpaired) electrons. The maximum Gasteiger partial charge on any atom is 0.161 e. The van der Waals surface area contributed by atoms with Gasteiger partial charge < -0.3 is 0 Å². The number of aldehydes is 1. The Labute approximate surface area is 62.5 Å². The van der Waals surface area contributed by atoms with Crippen molar-refractivity contribution >= 4 is 23.4 Å². The fourth-order valence-corrected chi connectivity index (χ4v) is 1.52. The number of Topliss-reactive ketones (excluding diaryl/α,β-unsaturated/α-hetero) is 1. The van der Waals surface area contributed by atoms with Gasteiger partial charge in [-0.15, -0.1) is 0 Å². The summed E-state index contributed by atoms with van der Waals surface area (Å²) < 4.78 is 0. The van der Waals surface area contributed by atoms with Crippen molar-refractivity contribution in [2.24, 2.45) is 0 Å². The Morgan fingerprint density at radius 1 is 1.60 bits per heavy atom. The van der Waals surface area contributed by atoms with Crippen LogP contribution in [0.15, 0.2) is 10.8 Å². The molecule has 2 nitrogen and oxygen atoms in total. The van der Waals surface area contributed by atoms with Crippen LogP contribution in [0.3, 0.4) is 0 Å². The Morgan fingerprint density at radius 2 is 2.30 bits per heavy atom. The van der Waals surface area contributed by atoms with Crippen LogP contribution in [-0.2, 0) is 0 Å². The molecule has 0 atom stereocenters. The van der Waals surface area contributed by atoms with Crippen molar-refractivity contribution in [1.29, 1.82) is 0 Å². The third-order valence-electron chi connectivity index (χ3n) is 1.20. The molecule has 1 aromatic rings. The number of hydrogen-bond acceptors (Lipinski definition) is 3. The molecular weight excluding hydrogens is 148 g/mol. The summed E-state index contributed by atoms with van der Waals surface area (Å²) in [6.45, 7) is 1.45. The third-order valence-corrected chi connectivity index (χ3v) is 1.96. The van der Waals surface area contributed by atoms with Gasteiger partial charge in [0.15, 0.2) is 12.1 Å². The molecule has 0 fully saturated rings. The Morgan fingerprint density at radius 3 is 2.70 bits per heavy atom. The quantitative estimate of drug-likeness (QED) is 0.480. The molecule has 0 amide bonds. The lowest BCUT2D eigenvalue weighted by Crippen LogP contribution is -1.92. The molecule has 0 N–H and O–H groups in total. The molecule has 1 aromatic heterocycles. The Balaban J connectivity index is 3.13. The van der Waals surface area contributed by atoms with Crippen LogP contribution in [0.1, 0.15) is 27.6 Å². The van der Waals surface area contributed by atoms with Crippen LogP contribution in [0.2, 0.25) is 0 Å². The minimum absolute atomic E-state index is 0.0525. The van der Waals surface area contributed by atoms with E-state index in [1.807, 2.05) is 0 Å². The van der Waals surface area contributed by atoms with Crippen molar-refractivity contribution in [3.63, 3.8) is 0 Å². The predicted molar refractivity (Wildman–Crippen MR) is 39.7 cm³/mol. The van der Waals surface area contributed by atoms with Gasteiger partial charge >= 0.3 is 0 Å². The minimum atomic E-state index is -0.0525. The zero-order valence-electron chi connectivity index (χ0n) is 5.46. The maximum absolute atomic E-state index is 10.7. The Kier molecular flexibility index (Phi) is 1.97. The van der Waals surface area contributed by atoms with Gasteiger partial charge in [0.2, 0.25) is 0 Å². The van der Waals surface area contributed by atoms with E-state index >= 15 is 0 Å². The molecule has 0 unspecified atom stereocenters. The van der Waals surface area contributed by atoms with Gasteiger partial charge in [-0.3, -0.25) is 9.59 Å². The van der Waals surface area contributed by atoms with Gasteiger partial charge in [0.25, 0.3) is 0 Å². The molecular formula is C7H6O2S. The van der Waals surface area contributed by atoms with E-state index in [1.165, 1.54) is 18.3 Å². The average molecular weight is 154 g/mol. The van der Waals surface area contributed by atoms with E-state index < -0.39 is 0 Å². The first kappa shape index (κ1) is 7.15. The van der Waals surface area contributed by atoms with E-state index in [4.69, 9.17) is 0 Å². The predicted octanol–water partition coefficient (Wildman–Crippen LogP) is 1.76. The molecule has 1 rings (SSSR count). The van der Waals surface area contributed by atoms with Crippen LogP contribution in [0, 0.1) is 0 Å². The molecule has 0 aromatic carbocycles. The number of carbonyl (C=O) groups excluding carboxylic acids is 2. The molecule has 0 saturated heterocycles. The second kappa shape index (κ2) is 2.75. The van der Waals surface area contributed by atoms with Crippen molar-refractivity contribution in [3.8, 4) is 0 Å². The minimum Gasteiger partial charge on any atom is -0.298 e. The molecule has 0 spiro atoms. The molecule has 0 saturated carbocycles. The van der Waals surface area contributed by atoms with E-state index in [0.29, 0.717) is 17.4 Å². The molecule has 0 bridgehead atoms. The van der Waals surface area contributed by atoms with Crippen molar-refractivity contribution in [2.45, 2.75) is 6.92 Å². The number of thiophene rings is 1. The third kappa shape index (κ3) is 1.14. The molecule has 0 aliphatic heterocycles. The second-order valence-corrected chi connectivity index (χ2v) is 2.66. The molecule has 1 heterocycles. The topological polar surface area (TPSA) is 34.1 Å². The van der Waals surface area contributed by atoms with Gasteiger partial charge in [-0.1, -0.05) is 0 Å². The van der Waals surface area contributed by atoms with Crippen LogP contribution < -0.4 is 0 Å². The monoisotopic (exact) mass is 154 g/mol. The van der Waals surface area contributed by atoms with Crippen molar-refractivity contribution in [3.05, 3.63) is 21.9 Å². The Hall–Kier alpha value is -0.960. The van der Waals surface area contributed by atoms with Gasteiger partial charge in [0, 0.05) is 21.9 Å². The van der Waals surface area contributed by atoms with E-state index in [1.54, 1.807) is 10.8 Å². The zero-order valence-corrected chi connectivity index (χ0v) is 6.27. The lowest BCUT2D eigenvalue weighted by molar-refractivity contribution is 0.101. The number of carbonyl (C=O) groups is 2. The highest BCUT2D eigenvalue weighted by Gasteiger charge is 2.05. The van der Waals surface area contributed by atoms with Crippen LogP contribution >= 0.6 is 11.3 Å². The summed E-state index contributed by atoms with van der Waals surface area (Å²) >= 11 is 1.37. The summed E-state index contributed by atoms with van der Waals surface area (Å²) in [7, 11) is 0. The van der Waals surface area contributed by atoms with E-state index in [9.17, 15) is 9.59 Å². The smallest absolute Gasteiger partial charge is 0.161 e. The summed E-state index contributed by atoms with van der Waals surface area (Å²) in [5.74, 6) is -0.0525. The van der Waals surface area contributed by atoms with Crippen molar-refractivity contribution in [1.82, 2.24) is 0 Å². The van der Waals surface area contributed by atoms with Crippen LogP contribution in [0.25, 0.3) is 0 Å². The highest BCUT2D eigenvalue weighted by Crippen LogP contribution is 2.12. The van der Waals surface area contributed by atoms with Crippen molar-refractivity contribution in [2.75, 3.05) is 0 Å². The largest absolute Gasteiger partial charge is 0.298 e. The first-order chi connectivity index (χ1) is 4.75. The van der Waals surface area contributed by atoms with Gasteiger partial charge in [-0.2, -0.15) is 11.3 Å². The molecule has 0 aliphatic carbocycles. The van der Waals surface area contributed by atoms with E-state index in [-0.39, 0.29) is 5.78 Å². The number of hydrogen-bond donors (Lipinski definition) is 0. The molecule has 0 aliphatic rings. The fourth-order valence-electron chi connectivity index (χ4n) is 0.684. The van der Waals surface area contributed by atoms with E-state index in [2.05, 4.69) is 0 Å². The van der Waals surface area contributed by atoms with Crippen LogP contribution in [-0.4, -0.2) is 12.1 Å². The van der Waals surface area contributed by atoms with Crippen LogP contribution in [0.4, 0.5) is 0 Å². The highest BCUT2D eigenvalue weighted by molar-refractivity contribution is 7.08. The molecule has 52 valence electrons. The average Bonchev–Trinajstić information content (AvgIpc) is 2.33. The lowest BCUT2D eigenvalue weighted by atomic mass is 10.1. The SMILES string of the molecule is CC(=O)c1cscc1C=O. The second-order valence-electron chi connectivity index (χ2n) is 1.91. The zero-order chi connectivity index (χ0) is 7.56. The standard InChI is InChI=1S/C7H6O2S/c1-5(9)7-4-10-3-6(7)2-8/h2-4H,1H3. The molecule has 3 heteroatoms. The van der Waals surface area contributed by atoms with Crippen LogP contribution in [0.5, 0.6) is 0 Å². The number of ketones is 1. The van der Waals surface area contributed by atoms with E-state index in [0.717, 1.165) is 0 Å². The highest BCUT2D eigenvalue weighted by atomic mass is 32.1. The Bertz CT molecular complexity index is 262. The van der Waals surface area contributed by atoms with Crippen molar-refractivity contribution < 1.29 is 9.59 Å². The summed E-state index contributed by atoms with van der Waals surface area (Å²) in [4.78, 5) is 21.0. The fraction of sp³-hybridized carbons (Fsp3) is 0.143. The van der Waals surface area contributed by atoms with Gasteiger partial charge in [0.05, 0.1) is 0 Å². The van der Waals surface area contributed by atoms with Gasteiger partial charge in [-0.25, -0.2) is 0 Å².